The molecule has 1 saturated carbocycles. The molecular formula is C16H18F3NO4. The van der Waals surface area contributed by atoms with Crippen LogP contribution in [0.4, 0.5) is 13.2 Å². The van der Waals surface area contributed by atoms with Crippen LogP contribution < -0.4 is 10.1 Å². The number of amides is 1. The zero-order valence-corrected chi connectivity index (χ0v) is 12.8. The third-order valence-corrected chi connectivity index (χ3v) is 3.93. The molecule has 0 aromatic heterocycles. The van der Waals surface area contributed by atoms with Gasteiger partial charge in [0, 0.05) is 6.42 Å². The highest BCUT2D eigenvalue weighted by Gasteiger charge is 2.31. The van der Waals surface area contributed by atoms with E-state index < -0.39 is 24.1 Å². The van der Waals surface area contributed by atoms with Crippen molar-refractivity contribution in [2.45, 2.75) is 44.5 Å². The molecule has 24 heavy (non-hydrogen) atoms. The van der Waals surface area contributed by atoms with Gasteiger partial charge in [-0.15, -0.1) is 13.2 Å². The molecule has 1 aliphatic carbocycles. The first kappa shape index (κ1) is 18.1. The van der Waals surface area contributed by atoms with Gasteiger partial charge in [-0.3, -0.25) is 9.59 Å². The molecule has 0 bridgehead atoms. The lowest BCUT2D eigenvalue weighted by atomic mass is 9.83. The van der Waals surface area contributed by atoms with Crippen molar-refractivity contribution in [1.29, 1.82) is 0 Å². The predicted molar refractivity (Wildman–Crippen MR) is 78.2 cm³/mol. The second-order valence-corrected chi connectivity index (χ2v) is 5.84. The van der Waals surface area contributed by atoms with Crippen LogP contribution in [0.3, 0.4) is 0 Å². The molecule has 1 aromatic carbocycles. The summed E-state index contributed by atoms with van der Waals surface area (Å²) in [5, 5.41) is 11.6. The number of hydrogen-bond donors (Lipinski definition) is 2. The van der Waals surface area contributed by atoms with E-state index in [1.165, 1.54) is 12.1 Å². The van der Waals surface area contributed by atoms with Gasteiger partial charge in [-0.05, 0) is 36.5 Å². The molecule has 1 atom stereocenters. The lowest BCUT2D eigenvalue weighted by Gasteiger charge is -2.26. The van der Waals surface area contributed by atoms with Crippen LogP contribution in [0.15, 0.2) is 24.3 Å². The Morgan fingerprint density at radius 3 is 2.33 bits per heavy atom. The number of nitrogens with one attached hydrogen (secondary N) is 1. The Kier molecular flexibility index (Phi) is 5.69. The number of carbonyl (C=O) groups is 2. The minimum absolute atomic E-state index is 0.249. The number of ether oxygens (including phenoxy) is 1. The van der Waals surface area contributed by atoms with E-state index in [9.17, 15) is 22.8 Å². The van der Waals surface area contributed by atoms with Gasteiger partial charge in [0.2, 0.25) is 5.91 Å². The van der Waals surface area contributed by atoms with E-state index in [1.807, 2.05) is 0 Å². The molecule has 1 aromatic rings. The van der Waals surface area contributed by atoms with Crippen molar-refractivity contribution in [2.24, 2.45) is 5.92 Å². The van der Waals surface area contributed by atoms with Crippen molar-refractivity contribution in [3.63, 3.8) is 0 Å². The van der Waals surface area contributed by atoms with Gasteiger partial charge >= 0.3 is 12.3 Å². The van der Waals surface area contributed by atoms with Gasteiger partial charge in [0.05, 0.1) is 12.5 Å². The highest BCUT2D eigenvalue weighted by Crippen LogP contribution is 2.30. The molecule has 5 nitrogen and oxygen atoms in total. The van der Waals surface area contributed by atoms with Crippen molar-refractivity contribution < 1.29 is 32.6 Å². The third-order valence-electron chi connectivity index (χ3n) is 3.93. The maximum atomic E-state index is 12.1. The summed E-state index contributed by atoms with van der Waals surface area (Å²) in [7, 11) is 0. The van der Waals surface area contributed by atoms with E-state index in [1.54, 1.807) is 0 Å². The maximum Gasteiger partial charge on any atom is 0.573 e. The molecule has 2 N–H and O–H groups in total. The zero-order valence-electron chi connectivity index (χ0n) is 12.8. The first-order valence-electron chi connectivity index (χ1n) is 7.60. The highest BCUT2D eigenvalue weighted by atomic mass is 19.4. The lowest BCUT2D eigenvalue weighted by molar-refractivity contribution is -0.274. The van der Waals surface area contributed by atoms with Crippen LogP contribution >= 0.6 is 0 Å². The topological polar surface area (TPSA) is 75.6 Å². The Hall–Kier alpha value is -2.25. The second-order valence-electron chi connectivity index (χ2n) is 5.84. The Labute approximate surface area is 136 Å². The largest absolute Gasteiger partial charge is 0.573 e. The summed E-state index contributed by atoms with van der Waals surface area (Å²) in [4.78, 5) is 23.0. The molecule has 8 heteroatoms. The molecule has 0 radical (unpaired) electrons. The fraction of sp³-hybridized carbons (Fsp3) is 0.500. The average molecular weight is 345 g/mol. The molecule has 0 aliphatic heterocycles. The van der Waals surface area contributed by atoms with Crippen LogP contribution in [0.5, 0.6) is 5.75 Å². The minimum atomic E-state index is -4.79. The highest BCUT2D eigenvalue weighted by molar-refractivity contribution is 5.78. The van der Waals surface area contributed by atoms with Crippen LogP contribution in [0.1, 0.15) is 43.7 Å². The molecule has 1 amide bonds. The number of benzene rings is 1. The molecule has 1 aliphatic rings. The maximum absolute atomic E-state index is 12.1. The molecule has 0 heterocycles. The fourth-order valence-electron chi connectivity index (χ4n) is 2.54. The van der Waals surface area contributed by atoms with E-state index >= 15 is 0 Å². The van der Waals surface area contributed by atoms with Gasteiger partial charge in [-0.2, -0.15) is 0 Å². The van der Waals surface area contributed by atoms with Gasteiger partial charge in [0.1, 0.15) is 5.75 Å². The van der Waals surface area contributed by atoms with Gasteiger partial charge in [0.25, 0.3) is 0 Å². The number of carbonyl (C=O) groups excluding carboxylic acids is 1. The van der Waals surface area contributed by atoms with E-state index in [-0.39, 0.29) is 12.3 Å². The van der Waals surface area contributed by atoms with E-state index in [0.717, 1.165) is 31.4 Å². The first-order chi connectivity index (χ1) is 11.2. The van der Waals surface area contributed by atoms with Gasteiger partial charge in [-0.1, -0.05) is 18.6 Å². The van der Waals surface area contributed by atoms with Crippen LogP contribution in [0, 0.1) is 5.92 Å². The number of aliphatic carboxylic acids is 1. The van der Waals surface area contributed by atoms with Crippen LogP contribution in [-0.4, -0.2) is 23.3 Å². The summed E-state index contributed by atoms with van der Waals surface area (Å²) >= 11 is 0. The standard InChI is InChI=1S/C16H18F3NO4/c17-16(18,19)24-12-6-4-11(5-7-12)13(9-15(22)23)20-14(21)8-10-2-1-3-10/h4-7,10,13H,1-3,8-9H2,(H,20,21)(H,22,23). The van der Waals surface area contributed by atoms with Crippen LogP contribution in [0.25, 0.3) is 0 Å². The number of rotatable bonds is 7. The second kappa shape index (κ2) is 7.55. The minimum Gasteiger partial charge on any atom is -0.481 e. The zero-order chi connectivity index (χ0) is 17.7. The molecule has 132 valence electrons. The lowest BCUT2D eigenvalue weighted by Crippen LogP contribution is -2.32. The summed E-state index contributed by atoms with van der Waals surface area (Å²) in [5.74, 6) is -1.43. The van der Waals surface area contributed by atoms with Gasteiger partial charge in [0.15, 0.2) is 0 Å². The molecule has 0 spiro atoms. The SMILES string of the molecule is O=C(O)CC(NC(=O)CC1CCC1)c1ccc(OC(F)(F)F)cc1. The number of carboxylic acid groups (broad SMARTS) is 1. The third kappa shape index (κ3) is 5.75. The van der Waals surface area contributed by atoms with E-state index in [4.69, 9.17) is 5.11 Å². The Balaban J connectivity index is 2.03. The Bertz CT molecular complexity index is 582. The molecule has 1 fully saturated rings. The quantitative estimate of drug-likeness (QED) is 0.794. The summed E-state index contributed by atoms with van der Waals surface area (Å²) < 4.78 is 40.2. The molecular weight excluding hydrogens is 327 g/mol. The first-order valence-corrected chi connectivity index (χ1v) is 7.60. The smallest absolute Gasteiger partial charge is 0.481 e. The van der Waals surface area contributed by atoms with Crippen LogP contribution in [0.2, 0.25) is 0 Å². The molecule has 2 rings (SSSR count). The number of alkyl halides is 3. The molecule has 1 unspecified atom stereocenters. The van der Waals surface area contributed by atoms with Gasteiger partial charge in [-0.25, -0.2) is 0 Å². The predicted octanol–water partition coefficient (Wildman–Crippen LogP) is 3.41. The van der Waals surface area contributed by atoms with Crippen molar-refractivity contribution in [3.05, 3.63) is 29.8 Å². The monoisotopic (exact) mass is 345 g/mol. The Morgan fingerprint density at radius 1 is 1.25 bits per heavy atom. The van der Waals surface area contributed by atoms with E-state index in [2.05, 4.69) is 10.1 Å². The summed E-state index contributed by atoms with van der Waals surface area (Å²) in [5.41, 5.74) is 0.411. The summed E-state index contributed by atoms with van der Waals surface area (Å²) in [6.07, 6.45) is -1.74. The van der Waals surface area contributed by atoms with Crippen molar-refractivity contribution in [3.8, 4) is 5.75 Å². The van der Waals surface area contributed by atoms with Crippen molar-refractivity contribution >= 4 is 11.9 Å². The number of halogens is 3. The average Bonchev–Trinajstić information content (AvgIpc) is 2.41. The number of hydrogen-bond acceptors (Lipinski definition) is 3. The summed E-state index contributed by atoms with van der Waals surface area (Å²) in [6.45, 7) is 0. The van der Waals surface area contributed by atoms with Gasteiger partial charge < -0.3 is 15.2 Å². The van der Waals surface area contributed by atoms with Crippen LogP contribution in [-0.2, 0) is 9.59 Å². The fourth-order valence-corrected chi connectivity index (χ4v) is 2.54. The normalized spacial score (nSPS) is 16.1. The number of carboxylic acids is 1. The molecule has 0 saturated heterocycles. The van der Waals surface area contributed by atoms with Crippen molar-refractivity contribution in [1.82, 2.24) is 5.32 Å². The van der Waals surface area contributed by atoms with Crippen molar-refractivity contribution in [2.75, 3.05) is 0 Å². The summed E-state index contributed by atoms with van der Waals surface area (Å²) in [6, 6.07) is 4.03. The van der Waals surface area contributed by atoms with E-state index in [0.29, 0.717) is 17.9 Å². The Morgan fingerprint density at radius 2 is 1.88 bits per heavy atom.